The van der Waals surface area contributed by atoms with Crippen molar-refractivity contribution in [2.75, 3.05) is 0 Å². The summed E-state index contributed by atoms with van der Waals surface area (Å²) in [6, 6.07) is 9.92. The van der Waals surface area contributed by atoms with Crippen LogP contribution in [0.5, 0.6) is 0 Å². The predicted octanol–water partition coefficient (Wildman–Crippen LogP) is 5.50. The molecule has 0 saturated heterocycles. The molecule has 2 aromatic heterocycles. The fourth-order valence-electron chi connectivity index (χ4n) is 2.21. The van der Waals surface area contributed by atoms with E-state index >= 15 is 0 Å². The quantitative estimate of drug-likeness (QED) is 0.428. The lowest BCUT2D eigenvalue weighted by Gasteiger charge is -1.94. The summed E-state index contributed by atoms with van der Waals surface area (Å²) in [5, 5.41) is 2.97. The van der Waals surface area contributed by atoms with E-state index in [9.17, 15) is 0 Å². The van der Waals surface area contributed by atoms with E-state index in [1.54, 1.807) is 17.4 Å². The van der Waals surface area contributed by atoms with Gasteiger partial charge in [0.05, 0.1) is 9.72 Å². The first kappa shape index (κ1) is 10.6. The van der Waals surface area contributed by atoms with Crippen LogP contribution < -0.4 is 0 Å². The molecule has 4 rings (SSSR count). The zero-order valence-electron chi connectivity index (χ0n) is 8.91. The van der Waals surface area contributed by atoms with Crippen molar-refractivity contribution in [3.05, 3.63) is 40.7 Å². The number of halogens is 2. The first-order valence-electron chi connectivity index (χ1n) is 5.30. The Morgan fingerprint density at radius 3 is 2.89 bits per heavy atom. The fraction of sp³-hybridized carbons (Fsp3) is 0. The van der Waals surface area contributed by atoms with E-state index in [4.69, 9.17) is 27.6 Å². The second-order valence-corrected chi connectivity index (χ2v) is 5.76. The summed E-state index contributed by atoms with van der Waals surface area (Å²) in [4.78, 5) is 4.25. The Labute approximate surface area is 116 Å². The summed E-state index contributed by atoms with van der Waals surface area (Å²) < 4.78 is 7.55. The van der Waals surface area contributed by atoms with Gasteiger partial charge in [-0.15, -0.1) is 11.3 Å². The average Bonchev–Trinajstić information content (AvgIpc) is 2.89. The second-order valence-electron chi connectivity index (χ2n) is 3.97. The number of oxazole rings is 1. The smallest absolute Gasteiger partial charge is 0.293 e. The van der Waals surface area contributed by atoms with Crippen molar-refractivity contribution >= 4 is 65.8 Å². The largest absolute Gasteiger partial charge is 0.427 e. The molecule has 5 heteroatoms. The van der Waals surface area contributed by atoms with Gasteiger partial charge in [-0.05, 0) is 17.7 Å². The molecule has 0 spiro atoms. The number of aromatic nitrogens is 1. The van der Waals surface area contributed by atoms with E-state index in [0.717, 1.165) is 21.0 Å². The Hall–Kier alpha value is -1.29. The molecule has 0 amide bonds. The van der Waals surface area contributed by atoms with Gasteiger partial charge in [0.1, 0.15) is 5.52 Å². The van der Waals surface area contributed by atoms with Gasteiger partial charge in [0.25, 0.3) is 5.35 Å². The van der Waals surface area contributed by atoms with Crippen molar-refractivity contribution in [2.24, 2.45) is 0 Å². The topological polar surface area (TPSA) is 26.0 Å². The van der Waals surface area contributed by atoms with Crippen LogP contribution in [-0.4, -0.2) is 4.98 Å². The first-order valence-corrected chi connectivity index (χ1v) is 6.87. The van der Waals surface area contributed by atoms with Crippen molar-refractivity contribution in [2.45, 2.75) is 0 Å². The number of thiophene rings is 1. The molecule has 88 valence electrons. The van der Waals surface area contributed by atoms with Gasteiger partial charge in [-0.3, -0.25) is 0 Å². The Morgan fingerprint density at radius 2 is 2.00 bits per heavy atom. The van der Waals surface area contributed by atoms with Crippen molar-refractivity contribution in [1.82, 2.24) is 4.98 Å². The molecule has 2 aromatic carbocycles. The monoisotopic (exact) mass is 293 g/mol. The zero-order valence-corrected chi connectivity index (χ0v) is 11.2. The molecule has 0 saturated carbocycles. The molecule has 0 atom stereocenters. The van der Waals surface area contributed by atoms with E-state index in [1.807, 2.05) is 12.1 Å². The molecule has 4 aromatic rings. The number of rotatable bonds is 0. The molecule has 0 aliphatic heterocycles. The highest BCUT2D eigenvalue weighted by molar-refractivity contribution is 7.26. The van der Waals surface area contributed by atoms with E-state index in [2.05, 4.69) is 17.1 Å². The Morgan fingerprint density at radius 1 is 1.17 bits per heavy atom. The third-order valence-corrected chi connectivity index (χ3v) is 4.71. The number of hydrogen-bond acceptors (Lipinski definition) is 3. The average molecular weight is 294 g/mol. The number of fused-ring (bicyclic) bond motifs is 5. The Balaban J connectivity index is 2.40. The Bertz CT molecular complexity index is 909. The van der Waals surface area contributed by atoms with Gasteiger partial charge in [-0.2, -0.15) is 4.98 Å². The van der Waals surface area contributed by atoms with Gasteiger partial charge < -0.3 is 4.42 Å². The van der Waals surface area contributed by atoms with Crippen molar-refractivity contribution in [1.29, 1.82) is 0 Å². The fourth-order valence-corrected chi connectivity index (χ4v) is 3.80. The van der Waals surface area contributed by atoms with Crippen LogP contribution in [-0.2, 0) is 0 Å². The highest BCUT2D eigenvalue weighted by Crippen LogP contribution is 2.42. The van der Waals surface area contributed by atoms with Crippen LogP contribution in [0.4, 0.5) is 0 Å². The van der Waals surface area contributed by atoms with E-state index in [1.165, 1.54) is 4.70 Å². The van der Waals surface area contributed by atoms with Gasteiger partial charge in [0.2, 0.25) is 0 Å². The first-order chi connectivity index (χ1) is 8.74. The van der Waals surface area contributed by atoms with Gasteiger partial charge >= 0.3 is 0 Å². The summed E-state index contributed by atoms with van der Waals surface area (Å²) in [5.74, 6) is 0. The minimum Gasteiger partial charge on any atom is -0.427 e. The van der Waals surface area contributed by atoms with E-state index in [-0.39, 0.29) is 5.35 Å². The number of benzene rings is 2. The molecule has 0 radical (unpaired) electrons. The standard InChI is InChI=1S/C13H5Cl2NOS/c14-7-5-8-11(16-13(15)17-8)10-6-3-1-2-4-9(6)18-12(7)10/h1-5H. The summed E-state index contributed by atoms with van der Waals surface area (Å²) in [6.45, 7) is 0. The highest BCUT2D eigenvalue weighted by Gasteiger charge is 2.16. The lowest BCUT2D eigenvalue weighted by Crippen LogP contribution is -1.73. The summed E-state index contributed by atoms with van der Waals surface area (Å²) >= 11 is 13.8. The molecular weight excluding hydrogens is 289 g/mol. The minimum absolute atomic E-state index is 0.142. The second kappa shape index (κ2) is 3.60. The molecule has 2 nitrogen and oxygen atoms in total. The maximum atomic E-state index is 6.30. The maximum Gasteiger partial charge on any atom is 0.293 e. The summed E-state index contributed by atoms with van der Waals surface area (Å²) in [5.41, 5.74) is 1.40. The molecule has 0 N–H and O–H groups in total. The minimum atomic E-state index is 0.142. The number of nitrogens with zero attached hydrogens (tertiary/aromatic N) is 1. The molecule has 0 unspecified atom stereocenters. The molecule has 18 heavy (non-hydrogen) atoms. The van der Waals surface area contributed by atoms with Gasteiger partial charge in [0.15, 0.2) is 5.58 Å². The summed E-state index contributed by atoms with van der Waals surface area (Å²) in [6.07, 6.45) is 0. The predicted molar refractivity (Wildman–Crippen MR) is 76.9 cm³/mol. The molecule has 0 fully saturated rings. The van der Waals surface area contributed by atoms with E-state index in [0.29, 0.717) is 10.6 Å². The molecular formula is C13H5Cl2NOS. The molecule has 2 heterocycles. The van der Waals surface area contributed by atoms with Crippen LogP contribution in [0, 0.1) is 0 Å². The SMILES string of the molecule is Clc1nc2c(cc(Cl)c3sc4ccccc4c32)o1. The lowest BCUT2D eigenvalue weighted by molar-refractivity contribution is 0.604. The van der Waals surface area contributed by atoms with Crippen LogP contribution in [0.2, 0.25) is 10.4 Å². The van der Waals surface area contributed by atoms with Crippen LogP contribution in [0.3, 0.4) is 0 Å². The Kier molecular flexibility index (Phi) is 2.13. The summed E-state index contributed by atoms with van der Waals surface area (Å²) in [7, 11) is 0. The third-order valence-electron chi connectivity index (χ3n) is 2.93. The van der Waals surface area contributed by atoms with Crippen LogP contribution >= 0.6 is 34.5 Å². The molecule has 0 aliphatic carbocycles. The normalized spacial score (nSPS) is 11.9. The van der Waals surface area contributed by atoms with Crippen LogP contribution in [0.1, 0.15) is 0 Å². The molecule has 0 bridgehead atoms. The highest BCUT2D eigenvalue weighted by atomic mass is 35.5. The van der Waals surface area contributed by atoms with Gasteiger partial charge in [-0.1, -0.05) is 29.8 Å². The van der Waals surface area contributed by atoms with Crippen LogP contribution in [0.25, 0.3) is 31.3 Å². The zero-order chi connectivity index (χ0) is 12.3. The van der Waals surface area contributed by atoms with Crippen molar-refractivity contribution in [3.63, 3.8) is 0 Å². The number of hydrogen-bond donors (Lipinski definition) is 0. The van der Waals surface area contributed by atoms with Crippen LogP contribution in [0.15, 0.2) is 34.7 Å². The lowest BCUT2D eigenvalue weighted by atomic mass is 10.1. The van der Waals surface area contributed by atoms with E-state index < -0.39 is 0 Å². The maximum absolute atomic E-state index is 6.30. The molecule has 0 aliphatic rings. The van der Waals surface area contributed by atoms with Gasteiger partial charge in [0, 0.05) is 21.5 Å². The van der Waals surface area contributed by atoms with Gasteiger partial charge in [-0.25, -0.2) is 0 Å². The van der Waals surface area contributed by atoms with Crippen molar-refractivity contribution < 1.29 is 4.42 Å². The van der Waals surface area contributed by atoms with Crippen molar-refractivity contribution in [3.8, 4) is 0 Å². The third kappa shape index (κ3) is 1.32.